The van der Waals surface area contributed by atoms with E-state index in [9.17, 15) is 4.79 Å². The predicted octanol–water partition coefficient (Wildman–Crippen LogP) is 1.39. The summed E-state index contributed by atoms with van der Waals surface area (Å²) in [5.41, 5.74) is 0. The van der Waals surface area contributed by atoms with Crippen LogP contribution < -0.4 is 5.32 Å². The molecule has 0 saturated carbocycles. The maximum absolute atomic E-state index is 11.4. The van der Waals surface area contributed by atoms with Crippen LogP contribution in [0, 0.1) is 0 Å². The van der Waals surface area contributed by atoms with E-state index >= 15 is 0 Å². The van der Waals surface area contributed by atoms with E-state index in [1.807, 2.05) is 5.38 Å². The predicted molar refractivity (Wildman–Crippen MR) is 62.3 cm³/mol. The van der Waals surface area contributed by atoms with Gasteiger partial charge in [0.25, 0.3) is 0 Å². The highest BCUT2D eigenvalue weighted by Crippen LogP contribution is 2.20. The zero-order chi connectivity index (χ0) is 11.1. The van der Waals surface area contributed by atoms with Crippen LogP contribution >= 0.6 is 23.1 Å². The zero-order valence-electron chi connectivity index (χ0n) is 8.73. The Bertz CT molecular complexity index is 290. The first-order valence-corrected chi connectivity index (χ1v) is 6.50. The van der Waals surface area contributed by atoms with Gasteiger partial charge in [0, 0.05) is 17.3 Å². The topological polar surface area (TPSA) is 51.2 Å². The molecule has 0 aliphatic heterocycles. The lowest BCUT2D eigenvalue weighted by atomic mass is 10.3. The van der Waals surface area contributed by atoms with Gasteiger partial charge in [0.2, 0.25) is 0 Å². The molecule has 0 fully saturated rings. The monoisotopic (exact) mass is 246 g/mol. The van der Waals surface area contributed by atoms with E-state index in [1.54, 1.807) is 43.3 Å². The smallest absolute Gasteiger partial charge is 0.323 e. The summed E-state index contributed by atoms with van der Waals surface area (Å²) in [6.07, 6.45) is 1.76. The van der Waals surface area contributed by atoms with Gasteiger partial charge >= 0.3 is 5.97 Å². The summed E-state index contributed by atoms with van der Waals surface area (Å²) in [5, 5.41) is 4.85. The molecule has 0 radical (unpaired) electrons. The van der Waals surface area contributed by atoms with Crippen molar-refractivity contribution in [1.29, 1.82) is 0 Å². The maximum Gasteiger partial charge on any atom is 0.323 e. The SMILES string of the molecule is CCOC(=O)C(CSc1nccs1)NC. The Labute approximate surface area is 97.4 Å². The number of thioether (sulfide) groups is 1. The molecule has 1 aromatic rings. The third-order valence-electron chi connectivity index (χ3n) is 1.70. The lowest BCUT2D eigenvalue weighted by Gasteiger charge is -2.12. The van der Waals surface area contributed by atoms with Crippen molar-refractivity contribution < 1.29 is 9.53 Å². The van der Waals surface area contributed by atoms with Gasteiger partial charge in [-0.3, -0.25) is 4.79 Å². The molecule has 1 rings (SSSR count). The quantitative estimate of drug-likeness (QED) is 0.607. The second kappa shape index (κ2) is 6.81. The summed E-state index contributed by atoms with van der Waals surface area (Å²) < 4.78 is 5.90. The molecule has 1 unspecified atom stereocenters. The standard InChI is InChI=1S/C9H14N2O2S2/c1-3-13-8(12)7(10-2)6-15-9-11-4-5-14-9/h4-5,7,10H,3,6H2,1-2H3. The van der Waals surface area contributed by atoms with Crippen LogP contribution in [0.25, 0.3) is 0 Å². The summed E-state index contributed by atoms with van der Waals surface area (Å²) in [7, 11) is 1.75. The first kappa shape index (κ1) is 12.5. The normalized spacial score (nSPS) is 12.4. The van der Waals surface area contributed by atoms with E-state index in [1.165, 1.54) is 0 Å². The van der Waals surface area contributed by atoms with Crippen molar-refractivity contribution >= 4 is 29.1 Å². The van der Waals surface area contributed by atoms with Crippen LogP contribution in [0.15, 0.2) is 15.9 Å². The highest BCUT2D eigenvalue weighted by atomic mass is 32.2. The molecule has 15 heavy (non-hydrogen) atoms. The van der Waals surface area contributed by atoms with E-state index < -0.39 is 0 Å². The summed E-state index contributed by atoms with van der Waals surface area (Å²) >= 11 is 3.13. The zero-order valence-corrected chi connectivity index (χ0v) is 10.4. The molecule has 0 aromatic carbocycles. The number of nitrogens with zero attached hydrogens (tertiary/aromatic N) is 1. The summed E-state index contributed by atoms with van der Waals surface area (Å²) in [6.45, 7) is 2.22. The Balaban J connectivity index is 2.37. The van der Waals surface area contributed by atoms with Crippen molar-refractivity contribution in [2.75, 3.05) is 19.4 Å². The molecule has 1 N–H and O–H groups in total. The second-order valence-electron chi connectivity index (χ2n) is 2.70. The summed E-state index contributed by atoms with van der Waals surface area (Å²) in [4.78, 5) is 15.5. The Morgan fingerprint density at radius 3 is 3.13 bits per heavy atom. The van der Waals surface area contributed by atoms with Crippen molar-refractivity contribution in [3.63, 3.8) is 0 Å². The average molecular weight is 246 g/mol. The van der Waals surface area contributed by atoms with Crippen LogP contribution in [0.2, 0.25) is 0 Å². The molecule has 1 heterocycles. The van der Waals surface area contributed by atoms with Crippen LogP contribution in [0.4, 0.5) is 0 Å². The number of aromatic nitrogens is 1. The van der Waals surface area contributed by atoms with Gasteiger partial charge in [0.15, 0.2) is 0 Å². The first-order chi connectivity index (χ1) is 7.27. The molecule has 1 aromatic heterocycles. The number of carbonyl (C=O) groups is 1. The molecule has 1 atom stereocenters. The van der Waals surface area contributed by atoms with Crippen LogP contribution in [0.3, 0.4) is 0 Å². The first-order valence-electron chi connectivity index (χ1n) is 4.64. The molecular weight excluding hydrogens is 232 g/mol. The van der Waals surface area contributed by atoms with Gasteiger partial charge in [-0.05, 0) is 14.0 Å². The van der Waals surface area contributed by atoms with Crippen LogP contribution in [0.1, 0.15) is 6.92 Å². The molecule has 0 saturated heterocycles. The number of nitrogens with one attached hydrogen (secondary N) is 1. The van der Waals surface area contributed by atoms with Crippen molar-refractivity contribution in [3.05, 3.63) is 11.6 Å². The van der Waals surface area contributed by atoms with Crippen LogP contribution in [0.5, 0.6) is 0 Å². The molecular formula is C9H14N2O2S2. The molecule has 84 valence electrons. The van der Waals surface area contributed by atoms with Gasteiger partial charge in [-0.25, -0.2) is 4.98 Å². The largest absolute Gasteiger partial charge is 0.465 e. The molecule has 0 amide bonds. The van der Waals surface area contributed by atoms with Crippen molar-refractivity contribution in [2.24, 2.45) is 0 Å². The van der Waals surface area contributed by atoms with E-state index in [0.29, 0.717) is 12.4 Å². The fraction of sp³-hybridized carbons (Fsp3) is 0.556. The molecule has 0 aliphatic carbocycles. The third-order valence-corrected chi connectivity index (χ3v) is 3.76. The molecule has 6 heteroatoms. The van der Waals surface area contributed by atoms with Gasteiger partial charge in [-0.2, -0.15) is 0 Å². The minimum Gasteiger partial charge on any atom is -0.465 e. The van der Waals surface area contributed by atoms with Gasteiger partial charge in [-0.15, -0.1) is 11.3 Å². The molecule has 0 aliphatic rings. The minimum absolute atomic E-state index is 0.205. The Kier molecular flexibility index (Phi) is 5.67. The number of ether oxygens (including phenoxy) is 1. The van der Waals surface area contributed by atoms with Crippen molar-refractivity contribution in [2.45, 2.75) is 17.3 Å². The van der Waals surface area contributed by atoms with E-state index in [-0.39, 0.29) is 12.0 Å². The van der Waals surface area contributed by atoms with E-state index in [0.717, 1.165) is 4.34 Å². The van der Waals surface area contributed by atoms with Gasteiger partial charge in [0.05, 0.1) is 6.61 Å². The highest BCUT2D eigenvalue weighted by Gasteiger charge is 2.17. The minimum atomic E-state index is -0.265. The Morgan fingerprint density at radius 1 is 1.80 bits per heavy atom. The van der Waals surface area contributed by atoms with Crippen molar-refractivity contribution in [3.8, 4) is 0 Å². The van der Waals surface area contributed by atoms with Gasteiger partial charge in [0.1, 0.15) is 10.4 Å². The number of esters is 1. The number of likely N-dealkylation sites (N-methyl/N-ethyl adjacent to an activating group) is 1. The summed E-state index contributed by atoms with van der Waals surface area (Å²) in [5.74, 6) is 0.437. The number of hydrogen-bond donors (Lipinski definition) is 1. The Hall–Kier alpha value is -0.590. The number of rotatable bonds is 6. The molecule has 4 nitrogen and oxygen atoms in total. The number of thiazole rings is 1. The fourth-order valence-electron chi connectivity index (χ4n) is 0.948. The van der Waals surface area contributed by atoms with Crippen molar-refractivity contribution in [1.82, 2.24) is 10.3 Å². The van der Waals surface area contributed by atoms with Crippen LogP contribution in [-0.4, -0.2) is 36.4 Å². The average Bonchev–Trinajstić information content (AvgIpc) is 2.72. The molecule has 0 spiro atoms. The number of carbonyl (C=O) groups excluding carboxylic acids is 1. The third kappa shape index (κ3) is 4.19. The van der Waals surface area contributed by atoms with E-state index in [4.69, 9.17) is 4.74 Å². The Morgan fingerprint density at radius 2 is 2.60 bits per heavy atom. The van der Waals surface area contributed by atoms with Gasteiger partial charge < -0.3 is 10.1 Å². The summed E-state index contributed by atoms with van der Waals surface area (Å²) in [6, 6.07) is -0.265. The lowest BCUT2D eigenvalue weighted by Crippen LogP contribution is -2.37. The lowest BCUT2D eigenvalue weighted by molar-refractivity contribution is -0.144. The highest BCUT2D eigenvalue weighted by molar-refractivity contribution is 8.01. The molecule has 0 bridgehead atoms. The van der Waals surface area contributed by atoms with E-state index in [2.05, 4.69) is 10.3 Å². The number of hydrogen-bond acceptors (Lipinski definition) is 6. The maximum atomic E-state index is 11.4. The van der Waals surface area contributed by atoms with Crippen LogP contribution in [-0.2, 0) is 9.53 Å². The van der Waals surface area contributed by atoms with Gasteiger partial charge in [-0.1, -0.05) is 11.8 Å². The second-order valence-corrected chi connectivity index (χ2v) is 4.86. The fourth-order valence-corrected chi connectivity index (χ4v) is 2.70.